The van der Waals surface area contributed by atoms with E-state index in [1.807, 2.05) is 0 Å². The molecule has 0 fully saturated rings. The first-order chi connectivity index (χ1) is 21.8. The fraction of sp³-hybridized carbons (Fsp3) is 0. The summed E-state index contributed by atoms with van der Waals surface area (Å²) in [5.41, 5.74) is 9.48. The van der Waals surface area contributed by atoms with E-state index < -0.39 is 0 Å². The molecule has 0 aliphatic rings. The molecule has 2 heteroatoms. The van der Waals surface area contributed by atoms with Gasteiger partial charge in [-0.25, -0.2) is 0 Å². The van der Waals surface area contributed by atoms with E-state index in [1.54, 1.807) is 0 Å². The zero-order valence-corrected chi connectivity index (χ0v) is 24.1. The van der Waals surface area contributed by atoms with E-state index in [0.29, 0.717) is 0 Å². The van der Waals surface area contributed by atoms with Gasteiger partial charge in [-0.3, -0.25) is 0 Å². The molecule has 0 saturated heterocycles. The first kappa shape index (κ1) is 24.7. The van der Waals surface area contributed by atoms with Crippen molar-refractivity contribution in [3.05, 3.63) is 170 Å². The average molecular weight is 561 g/mol. The lowest BCUT2D eigenvalue weighted by Crippen LogP contribution is -1.98. The van der Waals surface area contributed by atoms with Gasteiger partial charge in [0.15, 0.2) is 0 Å². The normalized spacial score (nSPS) is 11.6. The van der Waals surface area contributed by atoms with Gasteiger partial charge in [0.05, 0.1) is 22.4 Å². The Labute approximate surface area is 255 Å². The number of aromatic nitrogens is 2. The van der Waals surface area contributed by atoms with Crippen molar-refractivity contribution in [3.63, 3.8) is 0 Å². The summed E-state index contributed by atoms with van der Waals surface area (Å²) in [5, 5.41) is 7.39. The Morgan fingerprint density at radius 3 is 1.09 bits per heavy atom. The van der Waals surface area contributed by atoms with Crippen LogP contribution in [-0.4, -0.2) is 9.13 Å². The predicted octanol–water partition coefficient (Wildman–Crippen LogP) is 11.2. The van der Waals surface area contributed by atoms with Gasteiger partial charge in [0, 0.05) is 22.1 Å². The van der Waals surface area contributed by atoms with Gasteiger partial charge in [-0.2, -0.15) is 0 Å². The van der Waals surface area contributed by atoms with Crippen LogP contribution in [0.25, 0.3) is 77.2 Å². The first-order valence-corrected chi connectivity index (χ1v) is 15.1. The Hall–Kier alpha value is -5.86. The summed E-state index contributed by atoms with van der Waals surface area (Å²) in [5.74, 6) is 0. The molecule has 0 spiro atoms. The maximum atomic E-state index is 2.42. The molecule has 44 heavy (non-hydrogen) atoms. The molecule has 0 bridgehead atoms. The summed E-state index contributed by atoms with van der Waals surface area (Å²) in [6.45, 7) is 0. The molecule has 0 unspecified atom stereocenters. The zero-order valence-electron chi connectivity index (χ0n) is 24.1. The van der Waals surface area contributed by atoms with Crippen molar-refractivity contribution in [1.29, 1.82) is 0 Å². The highest BCUT2D eigenvalue weighted by atomic mass is 15.0. The first-order valence-electron chi connectivity index (χ1n) is 15.1. The second-order valence-electron chi connectivity index (χ2n) is 11.5. The minimum atomic E-state index is 1.16. The van der Waals surface area contributed by atoms with E-state index in [1.165, 1.54) is 65.9 Å². The maximum absolute atomic E-state index is 2.42. The molecule has 7 aromatic carbocycles. The van der Waals surface area contributed by atoms with Gasteiger partial charge in [-0.05, 0) is 81.2 Å². The quantitative estimate of drug-likeness (QED) is 0.203. The molecule has 0 N–H and O–H groups in total. The van der Waals surface area contributed by atoms with E-state index in [9.17, 15) is 0 Å². The van der Waals surface area contributed by atoms with Crippen molar-refractivity contribution in [2.24, 2.45) is 0 Å². The average Bonchev–Trinajstić information content (AvgIpc) is 3.65. The van der Waals surface area contributed by atoms with Crippen molar-refractivity contribution in [3.8, 4) is 33.9 Å². The fourth-order valence-corrected chi connectivity index (χ4v) is 6.74. The summed E-state index contributed by atoms with van der Waals surface area (Å²) in [6.07, 6.45) is 0. The second-order valence-corrected chi connectivity index (χ2v) is 11.5. The summed E-state index contributed by atoms with van der Waals surface area (Å²) in [4.78, 5) is 0. The molecule has 2 aromatic heterocycles. The van der Waals surface area contributed by atoms with Crippen molar-refractivity contribution in [2.45, 2.75) is 0 Å². The Kier molecular flexibility index (Phi) is 5.54. The molecule has 0 aliphatic heterocycles. The van der Waals surface area contributed by atoms with Crippen LogP contribution < -0.4 is 0 Å². The molecular formula is C42H28N2. The minimum absolute atomic E-state index is 1.16. The molecule has 0 amide bonds. The van der Waals surface area contributed by atoms with Crippen LogP contribution >= 0.6 is 0 Å². The van der Waals surface area contributed by atoms with Gasteiger partial charge in [0.2, 0.25) is 0 Å². The van der Waals surface area contributed by atoms with Crippen LogP contribution in [-0.2, 0) is 0 Å². The van der Waals surface area contributed by atoms with Crippen LogP contribution in [0.3, 0.4) is 0 Å². The lowest BCUT2D eigenvalue weighted by Gasteiger charge is -2.14. The van der Waals surface area contributed by atoms with Crippen LogP contribution in [0.2, 0.25) is 0 Å². The molecule has 2 heterocycles. The third-order valence-corrected chi connectivity index (χ3v) is 8.85. The topological polar surface area (TPSA) is 9.86 Å². The Balaban J connectivity index is 1.35. The molecule has 9 rings (SSSR count). The largest absolute Gasteiger partial charge is 0.309 e. The standard InChI is InChI=1S/C42H28N2/c1-3-13-31(14-4-1)39-25-35-27-42-36(28-41(35)43(39)37-21-19-29-11-7-9-17-33(29)23-37)26-40(32-15-5-2-6-16-32)44(42)38-22-20-30-12-8-10-18-34(30)24-38/h1-28H. The van der Waals surface area contributed by atoms with E-state index >= 15 is 0 Å². The van der Waals surface area contributed by atoms with Crippen molar-refractivity contribution >= 4 is 43.4 Å². The summed E-state index contributed by atoms with van der Waals surface area (Å²) >= 11 is 0. The zero-order chi connectivity index (χ0) is 29.0. The number of benzene rings is 7. The molecule has 206 valence electrons. The maximum Gasteiger partial charge on any atom is 0.0542 e. The van der Waals surface area contributed by atoms with Gasteiger partial charge in [0.1, 0.15) is 0 Å². The molecule has 0 saturated carbocycles. The molecule has 0 atom stereocenters. The Morgan fingerprint density at radius 2 is 0.659 bits per heavy atom. The Morgan fingerprint density at radius 1 is 0.273 bits per heavy atom. The third kappa shape index (κ3) is 3.96. The lowest BCUT2D eigenvalue weighted by molar-refractivity contribution is 1.14. The number of fused-ring (bicyclic) bond motifs is 4. The van der Waals surface area contributed by atoms with E-state index in [0.717, 1.165) is 11.4 Å². The van der Waals surface area contributed by atoms with Crippen LogP contribution in [0, 0.1) is 0 Å². The van der Waals surface area contributed by atoms with Gasteiger partial charge in [-0.1, -0.05) is 121 Å². The highest BCUT2D eigenvalue weighted by Gasteiger charge is 2.18. The third-order valence-electron chi connectivity index (χ3n) is 8.85. The molecule has 0 aliphatic carbocycles. The molecule has 9 aromatic rings. The summed E-state index contributed by atoms with van der Waals surface area (Å²) in [6, 6.07) is 61.6. The molecule has 0 radical (unpaired) electrons. The van der Waals surface area contributed by atoms with Crippen molar-refractivity contribution in [1.82, 2.24) is 9.13 Å². The number of hydrogen-bond donors (Lipinski definition) is 0. The summed E-state index contributed by atoms with van der Waals surface area (Å²) < 4.78 is 4.85. The highest BCUT2D eigenvalue weighted by molar-refractivity contribution is 6.03. The second kappa shape index (κ2) is 9.86. The van der Waals surface area contributed by atoms with Gasteiger partial charge in [-0.15, -0.1) is 0 Å². The monoisotopic (exact) mass is 560 g/mol. The minimum Gasteiger partial charge on any atom is -0.309 e. The van der Waals surface area contributed by atoms with Crippen molar-refractivity contribution < 1.29 is 0 Å². The lowest BCUT2D eigenvalue weighted by atomic mass is 10.1. The summed E-state index contributed by atoms with van der Waals surface area (Å²) in [7, 11) is 0. The predicted molar refractivity (Wildman–Crippen MR) is 186 cm³/mol. The van der Waals surface area contributed by atoms with Gasteiger partial charge in [0.25, 0.3) is 0 Å². The molecule has 2 nitrogen and oxygen atoms in total. The van der Waals surface area contributed by atoms with E-state index in [-0.39, 0.29) is 0 Å². The van der Waals surface area contributed by atoms with Crippen LogP contribution in [0.15, 0.2) is 170 Å². The Bertz CT molecular complexity index is 2300. The number of hydrogen-bond acceptors (Lipinski definition) is 0. The highest BCUT2D eigenvalue weighted by Crippen LogP contribution is 2.39. The molecular weight excluding hydrogens is 532 g/mol. The van der Waals surface area contributed by atoms with E-state index in [4.69, 9.17) is 0 Å². The number of nitrogens with zero attached hydrogens (tertiary/aromatic N) is 2. The van der Waals surface area contributed by atoms with Gasteiger partial charge >= 0.3 is 0 Å². The van der Waals surface area contributed by atoms with E-state index in [2.05, 4.69) is 179 Å². The number of rotatable bonds is 4. The SMILES string of the molecule is c1ccc(-c2cc3cc4c(cc(-c5ccccc5)n4-c4ccc5ccccc5c4)cc3n2-c2ccc3ccccc3c2)cc1. The van der Waals surface area contributed by atoms with Crippen molar-refractivity contribution in [2.75, 3.05) is 0 Å². The van der Waals surface area contributed by atoms with Crippen LogP contribution in [0.5, 0.6) is 0 Å². The van der Waals surface area contributed by atoms with Crippen LogP contribution in [0.1, 0.15) is 0 Å². The fourth-order valence-electron chi connectivity index (χ4n) is 6.74. The van der Waals surface area contributed by atoms with Gasteiger partial charge < -0.3 is 9.13 Å². The van der Waals surface area contributed by atoms with Crippen LogP contribution in [0.4, 0.5) is 0 Å². The smallest absolute Gasteiger partial charge is 0.0542 e.